The van der Waals surface area contributed by atoms with Crippen molar-refractivity contribution in [3.63, 3.8) is 0 Å². The van der Waals surface area contributed by atoms with Gasteiger partial charge in [-0.1, -0.05) is 30.3 Å². The van der Waals surface area contributed by atoms with Crippen LogP contribution < -0.4 is 5.32 Å². The Morgan fingerprint density at radius 2 is 2.00 bits per heavy atom. The molecule has 0 saturated heterocycles. The third-order valence-electron chi connectivity index (χ3n) is 2.42. The van der Waals surface area contributed by atoms with E-state index in [9.17, 15) is 9.59 Å². The summed E-state index contributed by atoms with van der Waals surface area (Å²) in [6.45, 7) is 2.26. The number of nitrogens with one attached hydrogen (secondary N) is 1. The molecule has 18 heavy (non-hydrogen) atoms. The van der Waals surface area contributed by atoms with E-state index in [-0.39, 0.29) is 19.1 Å². The summed E-state index contributed by atoms with van der Waals surface area (Å²) in [6, 6.07) is 8.91. The molecule has 0 radical (unpaired) electrons. The summed E-state index contributed by atoms with van der Waals surface area (Å²) in [5, 5.41) is 11.9. The maximum atomic E-state index is 11.1. The largest absolute Gasteiger partial charge is 0.481 e. The zero-order chi connectivity index (χ0) is 13.4. The Bertz CT molecular complexity index is 391. The van der Waals surface area contributed by atoms with Crippen LogP contribution in [0.5, 0.6) is 0 Å². The highest BCUT2D eigenvalue weighted by atomic mass is 16.5. The van der Waals surface area contributed by atoms with Crippen LogP contribution in [0.25, 0.3) is 0 Å². The average molecular weight is 251 g/mol. The number of hydrogen-bond donors (Lipinski definition) is 2. The molecule has 0 fully saturated rings. The number of ether oxygens (including phenoxy) is 1. The Morgan fingerprint density at radius 1 is 1.33 bits per heavy atom. The Hall–Kier alpha value is -1.88. The maximum absolute atomic E-state index is 11.1. The Labute approximate surface area is 106 Å². The highest BCUT2D eigenvalue weighted by Gasteiger charge is 2.19. The van der Waals surface area contributed by atoms with Gasteiger partial charge in [-0.05, 0) is 12.5 Å². The van der Waals surface area contributed by atoms with E-state index in [1.807, 2.05) is 6.07 Å². The summed E-state index contributed by atoms with van der Waals surface area (Å²) in [7, 11) is 0. The Kier molecular flexibility index (Phi) is 5.87. The molecule has 5 nitrogen and oxygen atoms in total. The molecule has 0 saturated carbocycles. The van der Waals surface area contributed by atoms with Crippen molar-refractivity contribution < 1.29 is 19.4 Å². The molecule has 1 rings (SSSR count). The summed E-state index contributed by atoms with van der Waals surface area (Å²) >= 11 is 0. The van der Waals surface area contributed by atoms with Crippen LogP contribution >= 0.6 is 0 Å². The van der Waals surface area contributed by atoms with E-state index in [4.69, 9.17) is 9.84 Å². The van der Waals surface area contributed by atoms with Crippen molar-refractivity contribution in [1.29, 1.82) is 0 Å². The van der Waals surface area contributed by atoms with Gasteiger partial charge in [-0.3, -0.25) is 9.59 Å². The molecular formula is C13H17NO4. The van der Waals surface area contributed by atoms with Crippen molar-refractivity contribution in [3.05, 3.63) is 35.9 Å². The molecule has 1 atom stereocenters. The number of esters is 1. The quantitative estimate of drug-likeness (QED) is 0.707. The second-order valence-electron chi connectivity index (χ2n) is 3.74. The lowest BCUT2D eigenvalue weighted by atomic mass is 9.99. The van der Waals surface area contributed by atoms with Crippen LogP contribution in [0.2, 0.25) is 0 Å². The molecule has 0 aliphatic carbocycles. The molecule has 0 heterocycles. The average Bonchev–Trinajstić information content (AvgIpc) is 2.35. The minimum atomic E-state index is -0.919. The summed E-state index contributed by atoms with van der Waals surface area (Å²) in [5.41, 5.74) is 0.710. The molecule has 2 N–H and O–H groups in total. The van der Waals surface area contributed by atoms with E-state index >= 15 is 0 Å². The molecule has 0 bridgehead atoms. The molecule has 0 amide bonds. The van der Waals surface area contributed by atoms with Gasteiger partial charge >= 0.3 is 11.9 Å². The molecule has 0 aliphatic rings. The summed E-state index contributed by atoms with van der Waals surface area (Å²) in [4.78, 5) is 22.2. The number of carboxylic acid groups (broad SMARTS) is 1. The number of aliphatic carboxylic acids is 1. The van der Waals surface area contributed by atoms with E-state index < -0.39 is 11.9 Å². The highest BCUT2D eigenvalue weighted by Crippen LogP contribution is 2.14. The van der Waals surface area contributed by atoms with Gasteiger partial charge in [0.25, 0.3) is 0 Å². The van der Waals surface area contributed by atoms with Gasteiger partial charge in [0.2, 0.25) is 0 Å². The van der Waals surface area contributed by atoms with E-state index in [1.165, 1.54) is 0 Å². The van der Waals surface area contributed by atoms with Gasteiger partial charge in [-0.15, -0.1) is 0 Å². The lowest BCUT2D eigenvalue weighted by Gasteiger charge is -2.13. The van der Waals surface area contributed by atoms with Crippen LogP contribution in [0.1, 0.15) is 18.4 Å². The van der Waals surface area contributed by atoms with Crippen LogP contribution in [0.4, 0.5) is 0 Å². The minimum Gasteiger partial charge on any atom is -0.481 e. The zero-order valence-corrected chi connectivity index (χ0v) is 10.3. The minimum absolute atomic E-state index is 0.0183. The molecule has 1 unspecified atom stereocenters. The van der Waals surface area contributed by atoms with Gasteiger partial charge in [0.1, 0.15) is 0 Å². The highest BCUT2D eigenvalue weighted by molar-refractivity contribution is 5.76. The number of benzene rings is 1. The van der Waals surface area contributed by atoms with Gasteiger partial charge in [-0.2, -0.15) is 0 Å². The zero-order valence-electron chi connectivity index (χ0n) is 10.3. The number of carbonyl (C=O) groups is 2. The summed E-state index contributed by atoms with van der Waals surface area (Å²) < 4.78 is 4.74. The van der Waals surface area contributed by atoms with Crippen molar-refractivity contribution >= 4 is 11.9 Å². The molecule has 1 aromatic rings. The molecule has 0 aliphatic heterocycles. The van der Waals surface area contributed by atoms with Gasteiger partial charge in [-0.25, -0.2) is 0 Å². The lowest BCUT2D eigenvalue weighted by molar-refractivity contribution is -0.143. The monoisotopic (exact) mass is 251 g/mol. The predicted octanol–water partition coefficient (Wildman–Crippen LogP) is 1.01. The first-order valence-electron chi connectivity index (χ1n) is 5.79. The summed E-state index contributed by atoms with van der Waals surface area (Å²) in [5.74, 6) is -1.96. The first kappa shape index (κ1) is 14.2. The smallest absolute Gasteiger partial charge is 0.319 e. The normalized spacial score (nSPS) is 11.8. The van der Waals surface area contributed by atoms with E-state index in [2.05, 4.69) is 5.32 Å². The number of rotatable bonds is 7. The van der Waals surface area contributed by atoms with E-state index in [1.54, 1.807) is 31.2 Å². The topological polar surface area (TPSA) is 75.6 Å². The van der Waals surface area contributed by atoms with E-state index in [0.717, 1.165) is 0 Å². The SMILES string of the molecule is CCOC(=O)CNCC(C(=O)O)c1ccccc1. The van der Waals surface area contributed by atoms with Crippen molar-refractivity contribution in [2.75, 3.05) is 19.7 Å². The molecule has 0 spiro atoms. The third kappa shape index (κ3) is 4.55. The van der Waals surface area contributed by atoms with Gasteiger partial charge in [0.15, 0.2) is 0 Å². The van der Waals surface area contributed by atoms with Gasteiger partial charge in [0.05, 0.1) is 19.1 Å². The van der Waals surface area contributed by atoms with Crippen LogP contribution in [-0.2, 0) is 14.3 Å². The molecule has 0 aromatic heterocycles. The van der Waals surface area contributed by atoms with Gasteiger partial charge < -0.3 is 15.2 Å². The maximum Gasteiger partial charge on any atom is 0.319 e. The first-order valence-corrected chi connectivity index (χ1v) is 5.79. The fourth-order valence-corrected chi connectivity index (χ4v) is 1.56. The molecular weight excluding hydrogens is 234 g/mol. The molecule has 1 aromatic carbocycles. The van der Waals surface area contributed by atoms with Crippen LogP contribution in [0.3, 0.4) is 0 Å². The first-order chi connectivity index (χ1) is 8.65. The second kappa shape index (κ2) is 7.45. The van der Waals surface area contributed by atoms with Crippen LogP contribution in [-0.4, -0.2) is 36.7 Å². The van der Waals surface area contributed by atoms with Crippen molar-refractivity contribution in [2.24, 2.45) is 0 Å². The van der Waals surface area contributed by atoms with Crippen LogP contribution in [0.15, 0.2) is 30.3 Å². The van der Waals surface area contributed by atoms with Crippen molar-refractivity contribution in [1.82, 2.24) is 5.32 Å². The molecule has 98 valence electrons. The standard InChI is InChI=1S/C13H17NO4/c1-2-18-12(15)9-14-8-11(13(16)17)10-6-4-3-5-7-10/h3-7,11,14H,2,8-9H2,1H3,(H,16,17). The van der Waals surface area contributed by atoms with Crippen molar-refractivity contribution in [2.45, 2.75) is 12.8 Å². The number of hydrogen-bond acceptors (Lipinski definition) is 4. The van der Waals surface area contributed by atoms with Crippen molar-refractivity contribution in [3.8, 4) is 0 Å². The van der Waals surface area contributed by atoms with Crippen LogP contribution in [0, 0.1) is 0 Å². The fraction of sp³-hybridized carbons (Fsp3) is 0.385. The van der Waals surface area contributed by atoms with Gasteiger partial charge in [0, 0.05) is 6.54 Å². The lowest BCUT2D eigenvalue weighted by Crippen LogP contribution is -2.31. The second-order valence-corrected chi connectivity index (χ2v) is 3.74. The molecule has 5 heteroatoms. The Balaban J connectivity index is 2.50. The summed E-state index contributed by atoms with van der Waals surface area (Å²) in [6.07, 6.45) is 0. The predicted molar refractivity (Wildman–Crippen MR) is 66.3 cm³/mol. The fourth-order valence-electron chi connectivity index (χ4n) is 1.56. The Morgan fingerprint density at radius 3 is 2.56 bits per heavy atom. The number of carbonyl (C=O) groups excluding carboxylic acids is 1. The van der Waals surface area contributed by atoms with E-state index in [0.29, 0.717) is 12.2 Å². The third-order valence-corrected chi connectivity index (χ3v) is 2.42. The number of carboxylic acids is 1.